The van der Waals surface area contributed by atoms with Gasteiger partial charge in [-0.05, 0) is 31.9 Å². The molecule has 90 valence electrons. The Kier molecular flexibility index (Phi) is 5.80. The van der Waals surface area contributed by atoms with Crippen molar-refractivity contribution in [3.8, 4) is 0 Å². The summed E-state index contributed by atoms with van der Waals surface area (Å²) in [4.78, 5) is 6.48. The number of hydrogen-bond acceptors (Lipinski definition) is 4. The highest BCUT2D eigenvalue weighted by Gasteiger charge is 2.19. The number of pyridine rings is 1. The van der Waals surface area contributed by atoms with Gasteiger partial charge < -0.3 is 5.73 Å². The summed E-state index contributed by atoms with van der Waals surface area (Å²) in [6.07, 6.45) is 5.83. The molecule has 0 spiro atoms. The number of hydrogen-bond donors (Lipinski definition) is 1. The van der Waals surface area contributed by atoms with Gasteiger partial charge in [-0.1, -0.05) is 6.07 Å². The van der Waals surface area contributed by atoms with Crippen LogP contribution in [-0.2, 0) is 0 Å². The molecular weight excluding hydrogens is 218 g/mol. The van der Waals surface area contributed by atoms with Crippen molar-refractivity contribution in [2.24, 2.45) is 5.73 Å². The minimum atomic E-state index is 0.260. The minimum absolute atomic E-state index is 0.260. The van der Waals surface area contributed by atoms with Gasteiger partial charge in [-0.15, -0.1) is 0 Å². The third kappa shape index (κ3) is 3.47. The van der Waals surface area contributed by atoms with Crippen LogP contribution < -0.4 is 5.73 Å². The normalized spacial score (nSPS) is 15.1. The van der Waals surface area contributed by atoms with Gasteiger partial charge in [0.2, 0.25) is 0 Å². The van der Waals surface area contributed by atoms with Crippen molar-refractivity contribution >= 4 is 11.8 Å². The number of nitrogens with two attached hydrogens (primary N) is 1. The predicted octanol–water partition coefficient (Wildman–Crippen LogP) is 1.76. The molecule has 0 bridgehead atoms. The van der Waals surface area contributed by atoms with Crippen LogP contribution in [0.25, 0.3) is 0 Å². The van der Waals surface area contributed by atoms with Gasteiger partial charge in [0.1, 0.15) is 0 Å². The first-order valence-corrected chi connectivity index (χ1v) is 6.91. The van der Waals surface area contributed by atoms with Gasteiger partial charge in [0.25, 0.3) is 0 Å². The van der Waals surface area contributed by atoms with Crippen LogP contribution in [0, 0.1) is 0 Å². The first kappa shape index (κ1) is 13.5. The number of likely N-dealkylation sites (N-methyl/N-ethyl adjacent to an activating group) is 1. The van der Waals surface area contributed by atoms with Crippen LogP contribution in [0.3, 0.4) is 0 Å². The molecule has 0 saturated carbocycles. The summed E-state index contributed by atoms with van der Waals surface area (Å²) in [5, 5.41) is 0. The van der Waals surface area contributed by atoms with Gasteiger partial charge in [-0.3, -0.25) is 9.88 Å². The first-order valence-electron chi connectivity index (χ1n) is 5.51. The molecule has 0 aliphatic rings. The molecule has 4 heteroatoms. The Labute approximate surface area is 102 Å². The standard InChI is InChI=1S/C12H21N3S/c1-10(9-16-3)15(2)12(7-13)11-5-4-6-14-8-11/h4-6,8,10,12H,7,9,13H2,1-3H3. The zero-order valence-electron chi connectivity index (χ0n) is 10.3. The lowest BCUT2D eigenvalue weighted by molar-refractivity contribution is 0.204. The Morgan fingerprint density at radius 3 is 2.81 bits per heavy atom. The van der Waals surface area contributed by atoms with Gasteiger partial charge >= 0.3 is 0 Å². The van der Waals surface area contributed by atoms with Crippen LogP contribution in [0.15, 0.2) is 24.5 Å². The van der Waals surface area contributed by atoms with Crippen LogP contribution in [0.2, 0.25) is 0 Å². The Morgan fingerprint density at radius 1 is 1.56 bits per heavy atom. The van der Waals surface area contributed by atoms with Crippen molar-refractivity contribution in [2.75, 3.05) is 25.6 Å². The van der Waals surface area contributed by atoms with E-state index in [1.165, 1.54) is 5.56 Å². The molecule has 16 heavy (non-hydrogen) atoms. The second-order valence-corrected chi connectivity index (χ2v) is 4.92. The average molecular weight is 239 g/mol. The fourth-order valence-electron chi connectivity index (χ4n) is 1.78. The van der Waals surface area contributed by atoms with Crippen molar-refractivity contribution in [3.05, 3.63) is 30.1 Å². The fourth-order valence-corrected chi connectivity index (χ4v) is 2.49. The van der Waals surface area contributed by atoms with Gasteiger partial charge in [0.05, 0.1) is 0 Å². The van der Waals surface area contributed by atoms with E-state index in [-0.39, 0.29) is 6.04 Å². The molecule has 0 aliphatic carbocycles. The highest BCUT2D eigenvalue weighted by atomic mass is 32.2. The van der Waals surface area contributed by atoms with E-state index < -0.39 is 0 Å². The summed E-state index contributed by atoms with van der Waals surface area (Å²) in [6, 6.07) is 4.83. The van der Waals surface area contributed by atoms with Crippen LogP contribution in [0.5, 0.6) is 0 Å². The van der Waals surface area contributed by atoms with E-state index in [9.17, 15) is 0 Å². The van der Waals surface area contributed by atoms with E-state index in [1.54, 1.807) is 6.20 Å². The Hall–Kier alpha value is -0.580. The molecule has 1 rings (SSSR count). The Bertz CT molecular complexity index is 292. The van der Waals surface area contributed by atoms with Crippen molar-refractivity contribution < 1.29 is 0 Å². The van der Waals surface area contributed by atoms with Crippen LogP contribution in [0.1, 0.15) is 18.5 Å². The molecule has 3 nitrogen and oxygen atoms in total. The summed E-state index contributed by atoms with van der Waals surface area (Å²) >= 11 is 1.86. The second-order valence-electron chi connectivity index (χ2n) is 4.01. The lowest BCUT2D eigenvalue weighted by Gasteiger charge is -2.32. The van der Waals surface area contributed by atoms with Gasteiger partial charge in [0.15, 0.2) is 0 Å². The lowest BCUT2D eigenvalue weighted by Crippen LogP contribution is -2.38. The SMILES string of the molecule is CSCC(C)N(C)C(CN)c1cccnc1. The number of nitrogens with zero attached hydrogens (tertiary/aromatic N) is 2. The van der Waals surface area contributed by atoms with E-state index >= 15 is 0 Å². The zero-order valence-corrected chi connectivity index (χ0v) is 11.1. The third-order valence-corrected chi connectivity index (χ3v) is 3.70. The van der Waals surface area contributed by atoms with E-state index in [1.807, 2.05) is 24.0 Å². The van der Waals surface area contributed by atoms with E-state index in [2.05, 4.69) is 36.2 Å². The summed E-state index contributed by atoms with van der Waals surface area (Å²) in [6.45, 7) is 2.86. The van der Waals surface area contributed by atoms with Gasteiger partial charge in [0, 0.05) is 36.8 Å². The van der Waals surface area contributed by atoms with E-state index in [0.29, 0.717) is 12.6 Å². The molecule has 2 unspecified atom stereocenters. The second kappa shape index (κ2) is 6.89. The molecule has 1 aromatic rings. The molecule has 0 fully saturated rings. The molecule has 0 amide bonds. The number of rotatable bonds is 6. The highest BCUT2D eigenvalue weighted by Crippen LogP contribution is 2.20. The molecule has 0 aromatic carbocycles. The van der Waals surface area contributed by atoms with Crippen molar-refractivity contribution in [1.82, 2.24) is 9.88 Å². The molecule has 0 radical (unpaired) electrons. The van der Waals surface area contributed by atoms with Crippen LogP contribution in [0.4, 0.5) is 0 Å². The maximum Gasteiger partial charge on any atom is 0.0485 e. The molecule has 0 saturated heterocycles. The van der Waals surface area contributed by atoms with Gasteiger partial charge in [-0.2, -0.15) is 11.8 Å². The molecule has 2 atom stereocenters. The number of aromatic nitrogens is 1. The molecule has 2 N–H and O–H groups in total. The molecule has 0 aliphatic heterocycles. The smallest absolute Gasteiger partial charge is 0.0485 e. The molecule has 1 heterocycles. The average Bonchev–Trinajstić information content (AvgIpc) is 2.31. The van der Waals surface area contributed by atoms with E-state index in [4.69, 9.17) is 5.73 Å². The minimum Gasteiger partial charge on any atom is -0.329 e. The van der Waals surface area contributed by atoms with Crippen molar-refractivity contribution in [1.29, 1.82) is 0 Å². The number of thioether (sulfide) groups is 1. The Morgan fingerprint density at radius 2 is 2.31 bits per heavy atom. The fraction of sp³-hybridized carbons (Fsp3) is 0.583. The summed E-state index contributed by atoms with van der Waals surface area (Å²) < 4.78 is 0. The Balaban J connectivity index is 2.74. The molecule has 1 aromatic heterocycles. The lowest BCUT2D eigenvalue weighted by atomic mass is 10.1. The quantitative estimate of drug-likeness (QED) is 0.821. The maximum atomic E-state index is 5.86. The van der Waals surface area contributed by atoms with Crippen molar-refractivity contribution in [3.63, 3.8) is 0 Å². The zero-order chi connectivity index (χ0) is 12.0. The monoisotopic (exact) mass is 239 g/mol. The summed E-state index contributed by atoms with van der Waals surface area (Å²) in [5.74, 6) is 1.12. The van der Waals surface area contributed by atoms with E-state index in [0.717, 1.165) is 5.75 Å². The largest absolute Gasteiger partial charge is 0.329 e. The topological polar surface area (TPSA) is 42.1 Å². The highest BCUT2D eigenvalue weighted by molar-refractivity contribution is 7.98. The van der Waals surface area contributed by atoms with Crippen molar-refractivity contribution in [2.45, 2.75) is 19.0 Å². The maximum absolute atomic E-state index is 5.86. The summed E-state index contributed by atoms with van der Waals surface area (Å²) in [7, 11) is 2.13. The van der Waals surface area contributed by atoms with Crippen LogP contribution >= 0.6 is 11.8 Å². The summed E-state index contributed by atoms with van der Waals surface area (Å²) in [5.41, 5.74) is 7.06. The predicted molar refractivity (Wildman–Crippen MR) is 71.6 cm³/mol. The van der Waals surface area contributed by atoms with Crippen LogP contribution in [-0.4, -0.2) is 41.5 Å². The first-order chi connectivity index (χ1) is 7.70. The third-order valence-electron chi connectivity index (χ3n) is 2.89. The van der Waals surface area contributed by atoms with Gasteiger partial charge in [-0.25, -0.2) is 0 Å². The molecular formula is C12H21N3S.